The first kappa shape index (κ1) is 7.19. The summed E-state index contributed by atoms with van der Waals surface area (Å²) in [5, 5.41) is 9.67. The molecule has 1 aliphatic rings. The second kappa shape index (κ2) is 2.88. The fraction of sp³-hybridized carbons (Fsp3) is 0.333. The van der Waals surface area contributed by atoms with Gasteiger partial charge in [-0.05, 0) is 5.56 Å². The number of thioether (sulfide) groups is 1. The van der Waals surface area contributed by atoms with Gasteiger partial charge in [-0.3, -0.25) is 0 Å². The third-order valence-corrected chi connectivity index (χ3v) is 3.40. The molecule has 2 atom stereocenters. The van der Waals surface area contributed by atoms with Crippen molar-refractivity contribution in [3.63, 3.8) is 0 Å². The monoisotopic (exact) mass is 166 g/mol. The first-order valence-electron chi connectivity index (χ1n) is 3.72. The first-order valence-corrected chi connectivity index (χ1v) is 4.77. The molecule has 0 bridgehead atoms. The van der Waals surface area contributed by atoms with Gasteiger partial charge >= 0.3 is 0 Å². The zero-order chi connectivity index (χ0) is 7.68. The molecule has 1 heterocycles. The van der Waals surface area contributed by atoms with Crippen molar-refractivity contribution in [2.75, 3.05) is 5.75 Å². The summed E-state index contributed by atoms with van der Waals surface area (Å²) in [5.74, 6) is 0.888. The summed E-state index contributed by atoms with van der Waals surface area (Å²) in [7, 11) is 0. The fourth-order valence-electron chi connectivity index (χ4n) is 1.24. The van der Waals surface area contributed by atoms with Crippen molar-refractivity contribution in [3.8, 4) is 0 Å². The molecule has 0 spiro atoms. The van der Waals surface area contributed by atoms with Crippen molar-refractivity contribution in [2.24, 2.45) is 0 Å². The van der Waals surface area contributed by atoms with Gasteiger partial charge in [0.1, 0.15) is 0 Å². The molecule has 1 N–H and O–H groups in total. The van der Waals surface area contributed by atoms with E-state index < -0.39 is 0 Å². The zero-order valence-corrected chi connectivity index (χ0v) is 6.92. The van der Waals surface area contributed by atoms with E-state index in [9.17, 15) is 5.11 Å². The van der Waals surface area contributed by atoms with Crippen LogP contribution in [-0.4, -0.2) is 17.0 Å². The van der Waals surface area contributed by atoms with Gasteiger partial charge in [-0.25, -0.2) is 0 Å². The van der Waals surface area contributed by atoms with Crippen molar-refractivity contribution in [1.82, 2.24) is 0 Å². The smallest absolute Gasteiger partial charge is 0.0790 e. The highest BCUT2D eigenvalue weighted by Crippen LogP contribution is 2.42. The molecule has 0 radical (unpaired) electrons. The third kappa shape index (κ3) is 1.28. The van der Waals surface area contributed by atoms with Crippen LogP contribution in [0.4, 0.5) is 0 Å². The van der Waals surface area contributed by atoms with Gasteiger partial charge in [0.15, 0.2) is 0 Å². The van der Waals surface area contributed by atoms with Crippen LogP contribution in [0.5, 0.6) is 0 Å². The molecule has 2 rings (SSSR count). The lowest BCUT2D eigenvalue weighted by Gasteiger charge is -2.31. The van der Waals surface area contributed by atoms with E-state index in [4.69, 9.17) is 0 Å². The molecule has 1 saturated heterocycles. The number of rotatable bonds is 1. The SMILES string of the molecule is O[C@H]1CS[C@@H]1c1ccccc1. The standard InChI is InChI=1S/C9H10OS/c10-8-6-11-9(8)7-4-2-1-3-5-7/h1-5,8-10H,6H2/t8-,9+/m0/s1. The van der Waals surface area contributed by atoms with Gasteiger partial charge in [-0.2, -0.15) is 0 Å². The highest BCUT2D eigenvalue weighted by atomic mass is 32.2. The summed E-state index contributed by atoms with van der Waals surface area (Å²) in [4.78, 5) is 0. The van der Waals surface area contributed by atoms with Crippen LogP contribution in [-0.2, 0) is 0 Å². The minimum Gasteiger partial charge on any atom is -0.391 e. The van der Waals surface area contributed by atoms with E-state index >= 15 is 0 Å². The van der Waals surface area contributed by atoms with E-state index in [2.05, 4.69) is 12.1 Å². The highest BCUT2D eigenvalue weighted by molar-refractivity contribution is 8.01. The van der Waals surface area contributed by atoms with Crippen LogP contribution >= 0.6 is 11.8 Å². The van der Waals surface area contributed by atoms with Crippen LogP contribution in [0.1, 0.15) is 10.8 Å². The van der Waals surface area contributed by atoms with E-state index in [-0.39, 0.29) is 6.10 Å². The lowest BCUT2D eigenvalue weighted by Crippen LogP contribution is -2.28. The Morgan fingerprint density at radius 3 is 2.45 bits per heavy atom. The molecule has 1 aromatic carbocycles. The van der Waals surface area contributed by atoms with Crippen LogP contribution in [0, 0.1) is 0 Å². The summed E-state index contributed by atoms with van der Waals surface area (Å²) < 4.78 is 0. The van der Waals surface area contributed by atoms with Crippen molar-refractivity contribution in [3.05, 3.63) is 35.9 Å². The molecular formula is C9H10OS. The molecule has 1 aromatic rings. The molecule has 1 fully saturated rings. The Morgan fingerprint density at radius 1 is 1.27 bits per heavy atom. The summed E-state index contributed by atoms with van der Waals surface area (Å²) in [5.41, 5.74) is 1.25. The quantitative estimate of drug-likeness (QED) is 0.687. The lowest BCUT2D eigenvalue weighted by atomic mass is 10.1. The normalized spacial score (nSPS) is 29.5. The topological polar surface area (TPSA) is 20.2 Å². The molecule has 0 saturated carbocycles. The maximum Gasteiger partial charge on any atom is 0.0790 e. The van der Waals surface area contributed by atoms with E-state index in [1.54, 1.807) is 0 Å². The zero-order valence-electron chi connectivity index (χ0n) is 6.10. The molecule has 0 amide bonds. The Kier molecular flexibility index (Phi) is 1.88. The Labute approximate surface area is 70.4 Å². The van der Waals surface area contributed by atoms with Crippen LogP contribution in [0.2, 0.25) is 0 Å². The minimum absolute atomic E-state index is 0.123. The Balaban J connectivity index is 2.17. The Morgan fingerprint density at radius 2 is 2.00 bits per heavy atom. The van der Waals surface area contributed by atoms with Gasteiger partial charge in [0, 0.05) is 5.75 Å². The average molecular weight is 166 g/mol. The summed E-state index contributed by atoms with van der Waals surface area (Å²) in [6, 6.07) is 10.2. The van der Waals surface area contributed by atoms with Crippen LogP contribution in [0.3, 0.4) is 0 Å². The van der Waals surface area contributed by atoms with Crippen molar-refractivity contribution in [2.45, 2.75) is 11.4 Å². The van der Waals surface area contributed by atoms with Crippen molar-refractivity contribution >= 4 is 11.8 Å². The number of hydrogen-bond donors (Lipinski definition) is 1. The second-order valence-electron chi connectivity index (χ2n) is 2.73. The van der Waals surface area contributed by atoms with Gasteiger partial charge < -0.3 is 5.11 Å². The second-order valence-corrected chi connectivity index (χ2v) is 3.91. The molecule has 1 aliphatic heterocycles. The van der Waals surface area contributed by atoms with Gasteiger partial charge in [-0.1, -0.05) is 30.3 Å². The Hall–Kier alpha value is -0.470. The third-order valence-electron chi connectivity index (χ3n) is 1.92. The van der Waals surface area contributed by atoms with Crippen LogP contribution in [0.25, 0.3) is 0 Å². The number of hydrogen-bond acceptors (Lipinski definition) is 2. The molecule has 0 aromatic heterocycles. The van der Waals surface area contributed by atoms with Gasteiger partial charge in [0.2, 0.25) is 0 Å². The van der Waals surface area contributed by atoms with Crippen LogP contribution < -0.4 is 0 Å². The summed E-state index contributed by atoms with van der Waals surface area (Å²) in [6.45, 7) is 0. The number of benzene rings is 1. The van der Waals surface area contributed by atoms with E-state index in [0.717, 1.165) is 5.75 Å². The molecule has 58 valence electrons. The number of aliphatic hydroxyl groups is 1. The predicted octanol–water partition coefficient (Wildman–Crippen LogP) is 1.84. The van der Waals surface area contributed by atoms with E-state index in [1.807, 2.05) is 30.0 Å². The average Bonchev–Trinajstić information content (AvgIpc) is 2.04. The van der Waals surface area contributed by atoms with Crippen molar-refractivity contribution < 1.29 is 5.11 Å². The summed E-state index contributed by atoms with van der Waals surface area (Å²) in [6.07, 6.45) is -0.123. The molecule has 1 nitrogen and oxygen atoms in total. The molecular weight excluding hydrogens is 156 g/mol. The largest absolute Gasteiger partial charge is 0.391 e. The lowest BCUT2D eigenvalue weighted by molar-refractivity contribution is 0.182. The molecule has 0 aliphatic carbocycles. The highest BCUT2D eigenvalue weighted by Gasteiger charge is 2.30. The fourth-order valence-corrected chi connectivity index (χ4v) is 2.15. The predicted molar refractivity (Wildman–Crippen MR) is 47.6 cm³/mol. The molecule has 2 heteroatoms. The first-order chi connectivity index (χ1) is 5.38. The Bertz CT molecular complexity index is 235. The minimum atomic E-state index is -0.123. The van der Waals surface area contributed by atoms with Gasteiger partial charge in [0.25, 0.3) is 0 Å². The maximum absolute atomic E-state index is 9.34. The number of aliphatic hydroxyl groups excluding tert-OH is 1. The van der Waals surface area contributed by atoms with Crippen LogP contribution in [0.15, 0.2) is 30.3 Å². The summed E-state index contributed by atoms with van der Waals surface area (Å²) >= 11 is 1.82. The van der Waals surface area contributed by atoms with Gasteiger partial charge in [0.05, 0.1) is 11.4 Å². The van der Waals surface area contributed by atoms with E-state index in [0.29, 0.717) is 5.25 Å². The van der Waals surface area contributed by atoms with E-state index in [1.165, 1.54) is 5.56 Å². The van der Waals surface area contributed by atoms with Crippen molar-refractivity contribution in [1.29, 1.82) is 0 Å². The molecule has 11 heavy (non-hydrogen) atoms. The maximum atomic E-state index is 9.34. The van der Waals surface area contributed by atoms with Gasteiger partial charge in [-0.15, -0.1) is 11.8 Å². The molecule has 0 unspecified atom stereocenters.